The molecule has 0 aliphatic rings. The summed E-state index contributed by atoms with van der Waals surface area (Å²) in [7, 11) is -3.73. The number of sulfonamides is 1. The highest BCUT2D eigenvalue weighted by molar-refractivity contribution is 7.92. The van der Waals surface area contributed by atoms with Gasteiger partial charge >= 0.3 is 0 Å². The molecule has 0 aliphatic carbocycles. The van der Waals surface area contributed by atoms with E-state index in [2.05, 4.69) is 16.7 Å². The number of aromatic nitrogens is 3. The van der Waals surface area contributed by atoms with Gasteiger partial charge in [-0.2, -0.15) is 5.10 Å². The zero-order valence-corrected chi connectivity index (χ0v) is 16.7. The van der Waals surface area contributed by atoms with E-state index in [0.29, 0.717) is 23.4 Å². The molecule has 4 aromatic rings. The summed E-state index contributed by atoms with van der Waals surface area (Å²) in [6.45, 7) is 4.81. The van der Waals surface area contributed by atoms with Crippen LogP contribution >= 0.6 is 0 Å². The van der Waals surface area contributed by atoms with Crippen molar-refractivity contribution in [3.63, 3.8) is 0 Å². The van der Waals surface area contributed by atoms with Gasteiger partial charge < -0.3 is 0 Å². The van der Waals surface area contributed by atoms with Crippen molar-refractivity contribution in [1.29, 1.82) is 0 Å². The second-order valence-corrected chi connectivity index (χ2v) is 8.58. The molecule has 7 heteroatoms. The number of anilines is 1. The Morgan fingerprint density at radius 3 is 2.61 bits per heavy atom. The fraction of sp³-hybridized carbons (Fsp3) is 0.238. The van der Waals surface area contributed by atoms with Gasteiger partial charge in [0.05, 0.1) is 15.8 Å². The molecule has 2 heterocycles. The number of unbranched alkanes of at least 4 members (excludes halogenated alkanes) is 1. The van der Waals surface area contributed by atoms with E-state index in [9.17, 15) is 8.42 Å². The number of benzene rings is 2. The molecule has 144 valence electrons. The molecule has 0 atom stereocenters. The summed E-state index contributed by atoms with van der Waals surface area (Å²) < 4.78 is 30.1. The predicted octanol–water partition coefficient (Wildman–Crippen LogP) is 4.49. The lowest BCUT2D eigenvalue weighted by Gasteiger charge is -2.06. The fourth-order valence-electron chi connectivity index (χ4n) is 3.20. The molecular formula is C21H22N4O2S. The van der Waals surface area contributed by atoms with Crippen LogP contribution in [0.3, 0.4) is 0 Å². The molecule has 0 aliphatic heterocycles. The Kier molecular flexibility index (Phi) is 4.77. The largest absolute Gasteiger partial charge is 0.263 e. The molecule has 0 radical (unpaired) electrons. The number of pyridine rings is 1. The molecule has 0 amide bonds. The lowest BCUT2D eigenvalue weighted by molar-refractivity contribution is 0.584. The third kappa shape index (κ3) is 3.45. The summed E-state index contributed by atoms with van der Waals surface area (Å²) in [6.07, 6.45) is 1.95. The second-order valence-electron chi connectivity index (χ2n) is 6.90. The summed E-state index contributed by atoms with van der Waals surface area (Å²) in [4.78, 5) is 4.97. The maximum absolute atomic E-state index is 12.8. The lowest BCUT2D eigenvalue weighted by atomic mass is 10.1. The van der Waals surface area contributed by atoms with Gasteiger partial charge in [0, 0.05) is 11.9 Å². The Labute approximate surface area is 164 Å². The minimum atomic E-state index is -3.73. The highest BCUT2D eigenvalue weighted by Crippen LogP contribution is 2.28. The Bertz CT molecular complexity index is 1250. The van der Waals surface area contributed by atoms with E-state index in [0.717, 1.165) is 29.3 Å². The first-order valence-electron chi connectivity index (χ1n) is 9.34. The zero-order chi connectivity index (χ0) is 19.7. The van der Waals surface area contributed by atoms with Crippen LogP contribution in [0, 0.1) is 6.92 Å². The summed E-state index contributed by atoms with van der Waals surface area (Å²) in [5.41, 5.74) is 2.68. The average molecular weight is 395 g/mol. The molecule has 0 fully saturated rings. The zero-order valence-electron chi connectivity index (χ0n) is 15.9. The van der Waals surface area contributed by atoms with E-state index in [-0.39, 0.29) is 4.90 Å². The van der Waals surface area contributed by atoms with Gasteiger partial charge in [-0.25, -0.2) is 18.1 Å². The molecule has 0 unspecified atom stereocenters. The molecule has 28 heavy (non-hydrogen) atoms. The Balaban J connectivity index is 1.87. The van der Waals surface area contributed by atoms with Gasteiger partial charge in [0.2, 0.25) is 0 Å². The van der Waals surface area contributed by atoms with Crippen LogP contribution in [-0.2, 0) is 16.6 Å². The van der Waals surface area contributed by atoms with Crippen molar-refractivity contribution in [2.24, 2.45) is 0 Å². The summed E-state index contributed by atoms with van der Waals surface area (Å²) in [5, 5.41) is 6.21. The van der Waals surface area contributed by atoms with E-state index in [1.807, 2.05) is 31.2 Å². The van der Waals surface area contributed by atoms with Crippen molar-refractivity contribution in [3.05, 3.63) is 60.2 Å². The normalized spacial score (nSPS) is 11.9. The Hall–Kier alpha value is -2.93. The number of nitrogens with zero attached hydrogens (tertiary/aromatic N) is 3. The molecule has 0 spiro atoms. The van der Waals surface area contributed by atoms with Crippen molar-refractivity contribution in [2.45, 2.75) is 38.1 Å². The quantitative estimate of drug-likeness (QED) is 0.523. The lowest BCUT2D eigenvalue weighted by Crippen LogP contribution is -2.13. The Morgan fingerprint density at radius 1 is 1.07 bits per heavy atom. The van der Waals surface area contributed by atoms with Crippen molar-refractivity contribution in [1.82, 2.24) is 14.8 Å². The van der Waals surface area contributed by atoms with Crippen LogP contribution in [0.1, 0.15) is 25.3 Å². The fourth-order valence-corrected chi connectivity index (χ4v) is 4.24. The molecule has 0 bridgehead atoms. The standard InChI is InChI=1S/C21H22N4O2S/c1-3-4-12-25-21-18(14-16-13-15(2)10-11-19(16)22-21)20(23-25)24-28(26,27)17-8-6-5-7-9-17/h5-11,13-14H,3-4,12H2,1-2H3,(H,23,24). The highest BCUT2D eigenvalue weighted by atomic mass is 32.2. The van der Waals surface area contributed by atoms with Crippen LogP contribution in [0.25, 0.3) is 21.9 Å². The first-order valence-corrected chi connectivity index (χ1v) is 10.8. The maximum atomic E-state index is 12.8. The van der Waals surface area contributed by atoms with Crippen LogP contribution in [-0.4, -0.2) is 23.2 Å². The number of rotatable bonds is 6. The first-order chi connectivity index (χ1) is 13.5. The average Bonchev–Trinajstić information content (AvgIpc) is 3.01. The van der Waals surface area contributed by atoms with E-state index in [1.165, 1.54) is 0 Å². The van der Waals surface area contributed by atoms with Gasteiger partial charge in [0.25, 0.3) is 10.0 Å². The molecule has 0 saturated heterocycles. The molecule has 0 saturated carbocycles. The summed E-state index contributed by atoms with van der Waals surface area (Å²) in [6, 6.07) is 16.3. The van der Waals surface area contributed by atoms with Crippen molar-refractivity contribution >= 4 is 37.8 Å². The van der Waals surface area contributed by atoms with Gasteiger partial charge in [-0.15, -0.1) is 0 Å². The van der Waals surface area contributed by atoms with Gasteiger partial charge in [-0.3, -0.25) is 4.72 Å². The van der Waals surface area contributed by atoms with E-state index in [4.69, 9.17) is 4.98 Å². The minimum absolute atomic E-state index is 0.204. The topological polar surface area (TPSA) is 76.9 Å². The van der Waals surface area contributed by atoms with Crippen LogP contribution in [0.4, 0.5) is 5.82 Å². The summed E-state index contributed by atoms with van der Waals surface area (Å²) >= 11 is 0. The number of fused-ring (bicyclic) bond motifs is 2. The van der Waals surface area contributed by atoms with Gasteiger partial charge in [0.15, 0.2) is 11.5 Å². The third-order valence-electron chi connectivity index (χ3n) is 4.68. The first kappa shape index (κ1) is 18.4. The Morgan fingerprint density at radius 2 is 1.86 bits per heavy atom. The number of nitrogens with one attached hydrogen (secondary N) is 1. The van der Waals surface area contributed by atoms with Gasteiger partial charge in [0.1, 0.15) is 0 Å². The van der Waals surface area contributed by atoms with E-state index >= 15 is 0 Å². The monoisotopic (exact) mass is 394 g/mol. The van der Waals surface area contributed by atoms with Crippen LogP contribution < -0.4 is 4.72 Å². The molecule has 2 aromatic heterocycles. The van der Waals surface area contributed by atoms with Crippen molar-refractivity contribution in [2.75, 3.05) is 4.72 Å². The van der Waals surface area contributed by atoms with Crippen molar-refractivity contribution in [3.8, 4) is 0 Å². The van der Waals surface area contributed by atoms with E-state index < -0.39 is 10.0 Å². The third-order valence-corrected chi connectivity index (χ3v) is 6.03. The van der Waals surface area contributed by atoms with Crippen LogP contribution in [0.15, 0.2) is 59.5 Å². The summed E-state index contributed by atoms with van der Waals surface area (Å²) in [5.74, 6) is 0.311. The molecule has 4 rings (SSSR count). The van der Waals surface area contributed by atoms with Crippen LogP contribution in [0.2, 0.25) is 0 Å². The molecule has 6 nitrogen and oxygen atoms in total. The SMILES string of the molecule is CCCCn1nc(NS(=O)(=O)c2ccccc2)c2cc3cc(C)ccc3nc21. The smallest absolute Gasteiger partial charge is 0.261 e. The minimum Gasteiger partial charge on any atom is -0.261 e. The second kappa shape index (κ2) is 7.24. The number of hydrogen-bond acceptors (Lipinski definition) is 4. The molecular weight excluding hydrogens is 372 g/mol. The molecule has 2 aromatic carbocycles. The van der Waals surface area contributed by atoms with Gasteiger partial charge in [-0.1, -0.05) is 43.2 Å². The number of hydrogen-bond donors (Lipinski definition) is 1. The molecule has 1 N–H and O–H groups in total. The predicted molar refractivity (Wildman–Crippen MR) is 112 cm³/mol. The van der Waals surface area contributed by atoms with Gasteiger partial charge in [-0.05, 0) is 43.7 Å². The van der Waals surface area contributed by atoms with Crippen molar-refractivity contribution < 1.29 is 8.42 Å². The van der Waals surface area contributed by atoms with E-state index in [1.54, 1.807) is 35.0 Å². The van der Waals surface area contributed by atoms with Crippen LogP contribution in [0.5, 0.6) is 0 Å². The number of aryl methyl sites for hydroxylation is 2. The highest BCUT2D eigenvalue weighted by Gasteiger charge is 2.20. The maximum Gasteiger partial charge on any atom is 0.263 e.